The monoisotopic (exact) mass is 652 g/mol. The summed E-state index contributed by atoms with van der Waals surface area (Å²) in [6.07, 6.45) is 5.20. The average molecular weight is 653 g/mol. The van der Waals surface area contributed by atoms with Crippen LogP contribution < -0.4 is 10.6 Å². The summed E-state index contributed by atoms with van der Waals surface area (Å²) in [4.78, 5) is 57.5. The average Bonchev–Trinajstić information content (AvgIpc) is 3.56. The predicted molar refractivity (Wildman–Crippen MR) is 179 cm³/mol. The van der Waals surface area contributed by atoms with E-state index in [2.05, 4.69) is 41.4 Å². The molecule has 1 aromatic heterocycles. The molecular formula is C36H53FN6O4. The summed E-state index contributed by atoms with van der Waals surface area (Å²) in [5.74, 6) is -1.53. The number of nitrogens with zero attached hydrogens (tertiary/aromatic N) is 4. The highest BCUT2D eigenvalue weighted by Gasteiger charge is 2.36. The fraction of sp³-hybridized carbons (Fsp3) is 0.639. The second kappa shape index (κ2) is 16.5. The molecule has 1 saturated heterocycles. The minimum absolute atomic E-state index is 0.0288. The molecule has 47 heavy (non-hydrogen) atoms. The lowest BCUT2D eigenvalue weighted by molar-refractivity contribution is -0.139. The van der Waals surface area contributed by atoms with Gasteiger partial charge in [0, 0.05) is 57.2 Å². The molecule has 4 rings (SSSR count). The molecule has 0 radical (unpaired) electrons. The summed E-state index contributed by atoms with van der Waals surface area (Å²) in [5, 5.41) is 10.1. The van der Waals surface area contributed by atoms with E-state index in [0.717, 1.165) is 38.8 Å². The van der Waals surface area contributed by atoms with Gasteiger partial charge >= 0.3 is 0 Å². The van der Waals surface area contributed by atoms with Crippen molar-refractivity contribution in [1.29, 1.82) is 0 Å². The molecule has 0 bridgehead atoms. The van der Waals surface area contributed by atoms with E-state index in [1.54, 1.807) is 40.9 Å². The normalized spacial score (nSPS) is 22.3. The van der Waals surface area contributed by atoms with E-state index in [9.17, 15) is 19.2 Å². The van der Waals surface area contributed by atoms with Crippen LogP contribution in [0.15, 0.2) is 30.5 Å². The topological polar surface area (TPSA) is 117 Å². The Bertz CT molecular complexity index is 1400. The third-order valence-electron chi connectivity index (χ3n) is 10.3. The molecule has 0 unspecified atom stereocenters. The molecule has 2 aromatic rings. The number of nitrogens with one attached hydrogen (secondary N) is 2. The number of benzene rings is 1. The number of Topliss-reactive ketones (excluding diaryl/α,β-unsaturated/α-hetero) is 1. The predicted octanol–water partition coefficient (Wildman–Crippen LogP) is 4.33. The van der Waals surface area contributed by atoms with Crippen LogP contribution in [-0.4, -0.2) is 87.4 Å². The van der Waals surface area contributed by atoms with Crippen molar-refractivity contribution in [1.82, 2.24) is 30.2 Å². The summed E-state index contributed by atoms with van der Waals surface area (Å²) in [6, 6.07) is 4.95. The van der Waals surface area contributed by atoms with Gasteiger partial charge in [-0.25, -0.2) is 4.39 Å². The number of ketones is 1. The smallest absolute Gasteiger partial charge is 0.270 e. The van der Waals surface area contributed by atoms with E-state index in [1.165, 1.54) is 6.07 Å². The third kappa shape index (κ3) is 8.86. The SMILES string of the molecule is CCC(=O)N[C@@H](C(=O)N1CCN(CC)[C@H](C)C1)[C@@H](C)c1ccc(CC(=O)[C@@H](NC(=O)c2ccnn2CC)C2CCC(C)CC2)c(F)c1. The number of carbonyl (C=O) groups is 4. The Hall–Kier alpha value is -3.60. The van der Waals surface area contributed by atoms with Gasteiger partial charge in [-0.05, 0) is 68.3 Å². The fourth-order valence-electron chi connectivity index (χ4n) is 7.09. The number of aryl methyl sites for hydroxylation is 1. The molecule has 2 aliphatic rings. The van der Waals surface area contributed by atoms with E-state index in [-0.39, 0.29) is 53.9 Å². The molecule has 2 N–H and O–H groups in total. The van der Waals surface area contributed by atoms with Crippen LogP contribution in [0.2, 0.25) is 0 Å². The van der Waals surface area contributed by atoms with Crippen molar-refractivity contribution in [2.75, 3.05) is 26.2 Å². The van der Waals surface area contributed by atoms with Gasteiger partial charge in [-0.15, -0.1) is 0 Å². The molecule has 2 fully saturated rings. The second-order valence-electron chi connectivity index (χ2n) is 13.4. The van der Waals surface area contributed by atoms with Gasteiger partial charge in [0.2, 0.25) is 11.8 Å². The molecule has 3 amide bonds. The lowest BCUT2D eigenvalue weighted by Crippen LogP contribution is -2.58. The van der Waals surface area contributed by atoms with Crippen LogP contribution in [0, 0.1) is 17.7 Å². The zero-order valence-corrected chi connectivity index (χ0v) is 28.9. The molecule has 10 nitrogen and oxygen atoms in total. The van der Waals surface area contributed by atoms with E-state index in [1.807, 2.05) is 13.8 Å². The summed E-state index contributed by atoms with van der Waals surface area (Å²) in [6.45, 7) is 15.1. The number of amides is 3. The highest BCUT2D eigenvalue weighted by molar-refractivity contribution is 5.97. The Kier molecular flexibility index (Phi) is 12.7. The van der Waals surface area contributed by atoms with Gasteiger partial charge in [0.15, 0.2) is 5.78 Å². The van der Waals surface area contributed by atoms with Crippen molar-refractivity contribution in [3.8, 4) is 0 Å². The lowest BCUT2D eigenvalue weighted by Gasteiger charge is -2.41. The fourth-order valence-corrected chi connectivity index (χ4v) is 7.09. The van der Waals surface area contributed by atoms with E-state index < -0.39 is 23.8 Å². The maximum absolute atomic E-state index is 15.8. The number of aromatic nitrogens is 2. The number of rotatable bonds is 13. The number of piperazine rings is 1. The Balaban J connectivity index is 1.52. The van der Waals surface area contributed by atoms with Gasteiger partial charge < -0.3 is 15.5 Å². The Morgan fingerprint density at radius 3 is 2.32 bits per heavy atom. The van der Waals surface area contributed by atoms with Crippen molar-refractivity contribution in [3.63, 3.8) is 0 Å². The van der Waals surface area contributed by atoms with Crippen molar-refractivity contribution < 1.29 is 23.6 Å². The molecule has 2 heterocycles. The van der Waals surface area contributed by atoms with Crippen LogP contribution in [0.1, 0.15) is 101 Å². The van der Waals surface area contributed by atoms with Gasteiger partial charge in [0.25, 0.3) is 5.91 Å². The molecule has 1 aliphatic heterocycles. The number of likely N-dealkylation sites (N-methyl/N-ethyl adjacent to an activating group) is 1. The number of halogens is 1. The van der Waals surface area contributed by atoms with Crippen molar-refractivity contribution in [2.45, 2.75) is 111 Å². The number of hydrogen-bond donors (Lipinski definition) is 2. The molecule has 0 spiro atoms. The maximum atomic E-state index is 15.8. The second-order valence-corrected chi connectivity index (χ2v) is 13.4. The van der Waals surface area contributed by atoms with E-state index in [0.29, 0.717) is 36.8 Å². The minimum atomic E-state index is -0.848. The molecule has 4 atom stereocenters. The van der Waals surface area contributed by atoms with Gasteiger partial charge in [0.1, 0.15) is 17.6 Å². The van der Waals surface area contributed by atoms with Crippen molar-refractivity contribution >= 4 is 23.5 Å². The van der Waals surface area contributed by atoms with Crippen LogP contribution in [0.25, 0.3) is 0 Å². The maximum Gasteiger partial charge on any atom is 0.270 e. The van der Waals surface area contributed by atoms with E-state index in [4.69, 9.17) is 0 Å². The van der Waals surface area contributed by atoms with Crippen molar-refractivity contribution in [2.24, 2.45) is 11.8 Å². The summed E-state index contributed by atoms with van der Waals surface area (Å²) < 4.78 is 17.3. The highest BCUT2D eigenvalue weighted by Crippen LogP contribution is 2.32. The Morgan fingerprint density at radius 1 is 0.979 bits per heavy atom. The Labute approximate surface area is 278 Å². The summed E-state index contributed by atoms with van der Waals surface area (Å²) in [5.41, 5.74) is 1.19. The molecule has 1 saturated carbocycles. The number of carbonyl (C=O) groups excluding carboxylic acids is 4. The van der Waals surface area contributed by atoms with Crippen LogP contribution >= 0.6 is 0 Å². The quantitative estimate of drug-likeness (QED) is 0.333. The molecule has 258 valence electrons. The first-order valence-corrected chi connectivity index (χ1v) is 17.4. The van der Waals surface area contributed by atoms with Crippen molar-refractivity contribution in [3.05, 3.63) is 53.1 Å². The van der Waals surface area contributed by atoms with Gasteiger partial charge in [-0.1, -0.05) is 52.7 Å². The molecule has 11 heteroatoms. The standard InChI is InChI=1S/C36H53FN6O4/c1-7-32(45)39-33(36(47)42-19-18-41(8-2)24(5)22-42)25(6)27-14-15-28(29(37)20-27)21-31(44)34(26-12-10-23(4)11-13-26)40-35(46)30-16-17-38-43(30)9-3/h14-17,20,23-26,33-34H,7-13,18-19,21-22H2,1-6H3,(H,39,45)(H,40,46)/t23?,24-,25+,26?,33-,34+/m1/s1. The first kappa shape index (κ1) is 36.2. The van der Waals surface area contributed by atoms with Gasteiger partial charge in [-0.3, -0.25) is 28.8 Å². The molecule has 1 aliphatic carbocycles. The summed E-state index contributed by atoms with van der Waals surface area (Å²) in [7, 11) is 0. The third-order valence-corrected chi connectivity index (χ3v) is 10.3. The van der Waals surface area contributed by atoms with Crippen LogP contribution in [0.3, 0.4) is 0 Å². The van der Waals surface area contributed by atoms with Gasteiger partial charge in [0.05, 0.1) is 6.04 Å². The first-order valence-electron chi connectivity index (χ1n) is 17.4. The zero-order valence-electron chi connectivity index (χ0n) is 28.9. The van der Waals surface area contributed by atoms with E-state index >= 15 is 4.39 Å². The highest BCUT2D eigenvalue weighted by atomic mass is 19.1. The lowest BCUT2D eigenvalue weighted by atomic mass is 9.77. The minimum Gasteiger partial charge on any atom is -0.344 e. The van der Waals surface area contributed by atoms with Crippen LogP contribution in [0.5, 0.6) is 0 Å². The van der Waals surface area contributed by atoms with Gasteiger partial charge in [-0.2, -0.15) is 5.10 Å². The largest absolute Gasteiger partial charge is 0.344 e. The van der Waals surface area contributed by atoms with Crippen LogP contribution in [-0.2, 0) is 27.3 Å². The molecule has 1 aromatic carbocycles. The summed E-state index contributed by atoms with van der Waals surface area (Å²) >= 11 is 0. The molecular weight excluding hydrogens is 599 g/mol. The Morgan fingerprint density at radius 2 is 1.70 bits per heavy atom. The first-order chi connectivity index (χ1) is 22.5. The number of hydrogen-bond acceptors (Lipinski definition) is 6. The zero-order chi connectivity index (χ0) is 34.2. The van der Waals surface area contributed by atoms with Crippen LogP contribution in [0.4, 0.5) is 4.39 Å².